The van der Waals surface area contributed by atoms with E-state index in [9.17, 15) is 8.42 Å². The molecular formula is C20H20N2O3S2. The second-order valence-electron chi connectivity index (χ2n) is 6.60. The van der Waals surface area contributed by atoms with Crippen molar-refractivity contribution in [2.24, 2.45) is 0 Å². The van der Waals surface area contributed by atoms with Crippen molar-refractivity contribution in [1.82, 2.24) is 4.98 Å². The first-order valence-electron chi connectivity index (χ1n) is 8.64. The van der Waals surface area contributed by atoms with Crippen LogP contribution >= 0.6 is 11.3 Å². The lowest BCUT2D eigenvalue weighted by Gasteiger charge is -2.25. The van der Waals surface area contributed by atoms with Crippen LogP contribution in [0, 0.1) is 6.92 Å². The predicted octanol–water partition coefficient (Wildman–Crippen LogP) is 4.27. The van der Waals surface area contributed by atoms with Crippen LogP contribution in [0.1, 0.15) is 17.5 Å². The first-order chi connectivity index (χ1) is 12.9. The summed E-state index contributed by atoms with van der Waals surface area (Å²) >= 11 is 1.54. The van der Waals surface area contributed by atoms with E-state index in [4.69, 9.17) is 4.74 Å². The van der Waals surface area contributed by atoms with Crippen LogP contribution in [0.3, 0.4) is 0 Å². The maximum absolute atomic E-state index is 13.6. The van der Waals surface area contributed by atoms with Gasteiger partial charge in [-0.2, -0.15) is 0 Å². The van der Waals surface area contributed by atoms with E-state index >= 15 is 0 Å². The van der Waals surface area contributed by atoms with Crippen molar-refractivity contribution in [3.63, 3.8) is 0 Å². The minimum Gasteiger partial charge on any atom is -0.495 e. The summed E-state index contributed by atoms with van der Waals surface area (Å²) in [5.74, 6) is 0.335. The molecule has 0 saturated carbocycles. The number of thiazole rings is 1. The number of nitrogens with zero attached hydrogens (tertiary/aromatic N) is 2. The Bertz CT molecular complexity index is 1110. The van der Waals surface area contributed by atoms with Crippen LogP contribution < -0.4 is 9.04 Å². The minimum absolute atomic E-state index is 0.151. The molecule has 0 unspecified atom stereocenters. The molecule has 0 spiro atoms. The Morgan fingerprint density at radius 1 is 1.22 bits per heavy atom. The number of aryl methyl sites for hydroxylation is 1. The van der Waals surface area contributed by atoms with E-state index in [1.807, 2.05) is 49.6 Å². The average Bonchev–Trinajstić information content (AvgIpc) is 3.23. The molecule has 3 aromatic rings. The summed E-state index contributed by atoms with van der Waals surface area (Å²) in [5.41, 5.74) is 3.31. The maximum Gasteiger partial charge on any atom is 0.268 e. The Balaban J connectivity index is 1.86. The molecule has 2 heterocycles. The van der Waals surface area contributed by atoms with Gasteiger partial charge >= 0.3 is 0 Å². The molecule has 140 valence electrons. The number of sulfonamides is 1. The molecule has 1 aliphatic heterocycles. The highest BCUT2D eigenvalue weighted by Crippen LogP contribution is 2.40. The molecule has 0 bridgehead atoms. The second kappa shape index (κ2) is 6.65. The van der Waals surface area contributed by atoms with Gasteiger partial charge in [-0.15, -0.1) is 11.3 Å². The van der Waals surface area contributed by atoms with Crippen molar-refractivity contribution in [2.45, 2.75) is 31.2 Å². The van der Waals surface area contributed by atoms with Crippen molar-refractivity contribution >= 4 is 27.0 Å². The van der Waals surface area contributed by atoms with Gasteiger partial charge in [0.15, 0.2) is 0 Å². The first-order valence-corrected chi connectivity index (χ1v) is 11.0. The van der Waals surface area contributed by atoms with Gasteiger partial charge in [0, 0.05) is 17.0 Å². The van der Waals surface area contributed by atoms with Crippen LogP contribution in [0.2, 0.25) is 0 Å². The first kappa shape index (κ1) is 18.0. The average molecular weight is 401 g/mol. The Hall–Kier alpha value is -2.38. The highest BCUT2D eigenvalue weighted by Gasteiger charge is 2.37. The van der Waals surface area contributed by atoms with E-state index in [-0.39, 0.29) is 10.9 Å². The number of anilines is 1. The number of benzene rings is 2. The van der Waals surface area contributed by atoms with Gasteiger partial charge in [0.25, 0.3) is 10.0 Å². The van der Waals surface area contributed by atoms with Gasteiger partial charge in [0.2, 0.25) is 0 Å². The number of rotatable bonds is 4. The van der Waals surface area contributed by atoms with E-state index in [0.29, 0.717) is 12.2 Å². The normalized spacial score (nSPS) is 16.4. The largest absolute Gasteiger partial charge is 0.495 e. The topological polar surface area (TPSA) is 59.5 Å². The molecule has 0 radical (unpaired) electrons. The zero-order valence-corrected chi connectivity index (χ0v) is 17.0. The quantitative estimate of drug-likeness (QED) is 0.656. The molecule has 0 N–H and O–H groups in total. The molecule has 0 amide bonds. The number of ether oxygens (including phenoxy) is 1. The van der Waals surface area contributed by atoms with Crippen molar-refractivity contribution in [3.8, 4) is 17.0 Å². The third kappa shape index (κ3) is 3.00. The monoisotopic (exact) mass is 400 g/mol. The SMILES string of the molecule is COc1ccc(-c2csc(C)n2)cc1S(=O)(=O)N1c2ccccc2C[C@H]1C. The van der Waals surface area contributed by atoms with Gasteiger partial charge < -0.3 is 4.74 Å². The van der Waals surface area contributed by atoms with Crippen molar-refractivity contribution in [1.29, 1.82) is 0 Å². The molecule has 27 heavy (non-hydrogen) atoms. The maximum atomic E-state index is 13.6. The number of hydrogen-bond donors (Lipinski definition) is 0. The molecule has 4 rings (SSSR count). The lowest BCUT2D eigenvalue weighted by atomic mass is 10.1. The van der Waals surface area contributed by atoms with Gasteiger partial charge in [0.1, 0.15) is 10.6 Å². The Morgan fingerprint density at radius 2 is 2.00 bits per heavy atom. The Kier molecular flexibility index (Phi) is 4.44. The number of methoxy groups -OCH3 is 1. The van der Waals surface area contributed by atoms with E-state index in [1.165, 1.54) is 22.8 Å². The van der Waals surface area contributed by atoms with E-state index in [2.05, 4.69) is 4.98 Å². The minimum atomic E-state index is -3.78. The highest BCUT2D eigenvalue weighted by atomic mass is 32.2. The van der Waals surface area contributed by atoms with Crippen LogP contribution in [0.4, 0.5) is 5.69 Å². The molecule has 1 aromatic heterocycles. The lowest BCUT2D eigenvalue weighted by molar-refractivity contribution is 0.402. The molecule has 2 aromatic carbocycles. The number of hydrogen-bond acceptors (Lipinski definition) is 5. The van der Waals surface area contributed by atoms with Crippen LogP contribution in [-0.2, 0) is 16.4 Å². The fourth-order valence-electron chi connectivity index (χ4n) is 3.54. The summed E-state index contributed by atoms with van der Waals surface area (Å²) in [6.45, 7) is 3.86. The number of fused-ring (bicyclic) bond motifs is 1. The van der Waals surface area contributed by atoms with Gasteiger partial charge in [-0.1, -0.05) is 18.2 Å². The Morgan fingerprint density at radius 3 is 2.70 bits per heavy atom. The van der Waals surface area contributed by atoms with E-state index in [0.717, 1.165) is 27.5 Å². The van der Waals surface area contributed by atoms with Crippen LogP contribution in [0.5, 0.6) is 5.75 Å². The van der Waals surface area contributed by atoms with Crippen LogP contribution in [-0.4, -0.2) is 26.6 Å². The molecular weight excluding hydrogens is 380 g/mol. The molecule has 1 atom stereocenters. The summed E-state index contributed by atoms with van der Waals surface area (Å²) < 4.78 is 34.1. The number of para-hydroxylation sites is 1. The molecule has 0 saturated heterocycles. The third-order valence-corrected chi connectivity index (χ3v) is 7.48. The smallest absolute Gasteiger partial charge is 0.268 e. The summed E-state index contributed by atoms with van der Waals surface area (Å²) in [7, 11) is -2.30. The summed E-state index contributed by atoms with van der Waals surface area (Å²) in [5, 5.41) is 2.87. The Labute approximate surface area is 163 Å². The van der Waals surface area contributed by atoms with Crippen LogP contribution in [0.15, 0.2) is 52.7 Å². The summed E-state index contributed by atoms with van der Waals surface area (Å²) in [6.07, 6.45) is 0.697. The molecule has 7 heteroatoms. The van der Waals surface area contributed by atoms with Crippen molar-refractivity contribution in [2.75, 3.05) is 11.4 Å². The fraction of sp³-hybridized carbons (Fsp3) is 0.250. The molecule has 1 aliphatic rings. The zero-order chi connectivity index (χ0) is 19.2. The van der Waals surface area contributed by atoms with Crippen molar-refractivity contribution in [3.05, 3.63) is 58.4 Å². The summed E-state index contributed by atoms with van der Waals surface area (Å²) in [4.78, 5) is 4.64. The summed E-state index contributed by atoms with van der Waals surface area (Å²) in [6, 6.07) is 12.7. The standard InChI is InChI=1S/C20H20N2O3S2/c1-13-10-16-6-4-5-7-18(16)22(13)27(23,24)20-11-15(8-9-19(20)25-3)17-12-26-14(2)21-17/h4-9,11-13H,10H2,1-3H3/t13-/m1/s1. The third-order valence-electron chi connectivity index (χ3n) is 4.76. The molecule has 5 nitrogen and oxygen atoms in total. The predicted molar refractivity (Wildman–Crippen MR) is 108 cm³/mol. The number of aromatic nitrogens is 1. The fourth-order valence-corrected chi connectivity index (χ4v) is 6.04. The highest BCUT2D eigenvalue weighted by molar-refractivity contribution is 7.93. The van der Waals surface area contributed by atoms with E-state index in [1.54, 1.807) is 12.1 Å². The van der Waals surface area contributed by atoms with Gasteiger partial charge in [-0.25, -0.2) is 13.4 Å². The van der Waals surface area contributed by atoms with Gasteiger partial charge in [0.05, 0.1) is 23.5 Å². The van der Waals surface area contributed by atoms with Gasteiger partial charge in [-0.3, -0.25) is 4.31 Å². The molecule has 0 fully saturated rings. The molecule has 0 aliphatic carbocycles. The van der Waals surface area contributed by atoms with Crippen LogP contribution in [0.25, 0.3) is 11.3 Å². The van der Waals surface area contributed by atoms with Crippen molar-refractivity contribution < 1.29 is 13.2 Å². The second-order valence-corrected chi connectivity index (χ2v) is 9.45. The van der Waals surface area contributed by atoms with Gasteiger partial charge in [-0.05, 0) is 50.1 Å². The zero-order valence-electron chi connectivity index (χ0n) is 15.3. The lowest BCUT2D eigenvalue weighted by Crippen LogP contribution is -2.35. The van der Waals surface area contributed by atoms with E-state index < -0.39 is 10.0 Å².